The predicted octanol–water partition coefficient (Wildman–Crippen LogP) is 12.6. The SMILES string of the molecule is CCC(=O)Nc1cc(N=Nc2ccc(S(N)(=O)=O)c3nsnc23)cc(Cl)c1O.CCc1cc2nsnc2c(N=Nc2c(C#N)[nH]n3c(C)nnc23)c1SOON.CS(=O)(=O)Nc1cccc2c(O)ccc(N=Nc3ccc(S(N)(=O)=O)c4nsnc34)c12.Cc1[nH]n2c(-c3ccccc3)nnc2c1N=Nc1ccc(S(N)(=O)=O)c2nsnc12. The highest BCUT2D eigenvalue weighted by molar-refractivity contribution is 7.94. The van der Waals surface area contributed by atoms with Crippen LogP contribution in [0.25, 0.3) is 77.6 Å². The number of nitriles is 1. The highest BCUT2D eigenvalue weighted by atomic mass is 35.5. The molecule has 0 aliphatic heterocycles. The molecule has 0 aliphatic carbocycles. The lowest BCUT2D eigenvalue weighted by Crippen LogP contribution is -2.12. The molecule has 44 nitrogen and oxygen atoms in total. The number of sulfonamides is 4. The van der Waals surface area contributed by atoms with Gasteiger partial charge in [-0.25, -0.2) is 58.1 Å². The quantitative estimate of drug-likeness (QED) is 0.0111. The Hall–Kier alpha value is -12.4. The van der Waals surface area contributed by atoms with Gasteiger partial charge in [0.25, 0.3) is 0 Å². The van der Waals surface area contributed by atoms with Crippen LogP contribution in [-0.4, -0.2) is 131 Å². The van der Waals surface area contributed by atoms with E-state index in [0.717, 1.165) is 82.0 Å². The molecule has 598 valence electrons. The lowest BCUT2D eigenvalue weighted by molar-refractivity contribution is -0.195. The van der Waals surface area contributed by atoms with Crippen LogP contribution in [0.15, 0.2) is 176 Å². The number of nitrogens with zero attached hydrogens (tertiary/aromatic N) is 23. The Kier molecular flexibility index (Phi) is 24.1. The normalized spacial score (nSPS) is 12.2. The zero-order chi connectivity index (χ0) is 83.4. The maximum atomic E-state index is 11.7. The summed E-state index contributed by atoms with van der Waals surface area (Å²) in [5.74, 6) is 5.57. The number of halogens is 1. The molecule has 0 saturated carbocycles. The largest absolute Gasteiger partial charge is 0.507 e. The van der Waals surface area contributed by atoms with Crippen molar-refractivity contribution >= 4 is 240 Å². The Bertz CT molecular complexity index is 7260. The standard InChI is InChI=1S/C17H13N9O2S2.C17H14N6O5S3.C15H13ClN6O4S2.C14H12N10O2S2/c1-9-13(17-22-21-16(26(17)23-9)10-5-3-2-4-6-10)20-19-11-7-8-12(30(18,27)28)15-14(11)24-29-25-15;1-30(25,26)23-11-4-2-3-9-13(24)7-5-10(15(9)11)19-20-12-6-8-14(31(18,27)28)17-16(12)21-29-22-17;1-2-12(23)18-10-6-7(5-8(16)15(10)24)19-20-9-3-4-11(28(17,25)26)14-13(9)21-27-22-14;1-3-7-4-8-10(23-28-22-8)12(13(7)27-26-25-16)19-18-11-9(5-15)21-24-6(2)17-20-14(11)24/h2-8,23H,1H3,(H2,18,27,28);2-8,23-24H,1H3,(H2,18,27,28);3-6,24H,2H2,1H3,(H,18,23)(H2,17,25,26);4,21H,3,16H2,1-2H3. The van der Waals surface area contributed by atoms with E-state index in [1.165, 1.54) is 66.7 Å². The van der Waals surface area contributed by atoms with Crippen molar-refractivity contribution in [1.29, 1.82) is 5.26 Å². The third-order valence-electron chi connectivity index (χ3n) is 16.2. The summed E-state index contributed by atoms with van der Waals surface area (Å²) < 4.78 is 137. The first kappa shape index (κ1) is 82.6. The summed E-state index contributed by atoms with van der Waals surface area (Å²) in [6.45, 7) is 7.25. The number of aromatic hydroxyl groups is 2. The molecule has 0 fully saturated rings. The monoisotopic (exact) mass is 1770 g/mol. The van der Waals surface area contributed by atoms with Gasteiger partial charge in [-0.15, -0.1) is 65.5 Å². The van der Waals surface area contributed by atoms with Gasteiger partial charge in [-0.05, 0) is 98.6 Å². The van der Waals surface area contributed by atoms with Crippen LogP contribution >= 0.6 is 70.6 Å². The van der Waals surface area contributed by atoms with E-state index in [4.69, 9.17) is 37.2 Å². The van der Waals surface area contributed by atoms with Crippen LogP contribution < -0.4 is 31.4 Å². The van der Waals surface area contributed by atoms with Crippen molar-refractivity contribution in [2.75, 3.05) is 16.3 Å². The first-order chi connectivity index (χ1) is 55.8. The molecule has 0 saturated heterocycles. The van der Waals surface area contributed by atoms with E-state index in [1.54, 1.807) is 35.0 Å². The van der Waals surface area contributed by atoms with Gasteiger partial charge in [0.2, 0.25) is 57.3 Å². The number of benzene rings is 8. The van der Waals surface area contributed by atoms with Crippen LogP contribution in [0.1, 0.15) is 43.0 Å². The molecule has 0 spiro atoms. The molecule has 1 amide bonds. The molecule has 14 N–H and O–H groups in total. The highest BCUT2D eigenvalue weighted by Crippen LogP contribution is 2.44. The van der Waals surface area contributed by atoms with E-state index < -0.39 is 40.1 Å². The van der Waals surface area contributed by atoms with Crippen molar-refractivity contribution in [2.24, 2.45) is 62.2 Å². The molecule has 8 aromatic heterocycles. The van der Waals surface area contributed by atoms with Gasteiger partial charge in [0, 0.05) is 22.8 Å². The number of anilines is 2. The summed E-state index contributed by atoms with van der Waals surface area (Å²) in [6.07, 6.45) is 1.91. The maximum absolute atomic E-state index is 11.7. The Morgan fingerprint density at radius 1 is 0.598 bits per heavy atom. The molecular formula is C63H52ClN31O13S9. The third-order valence-corrected chi connectivity index (χ3v) is 22.8. The summed E-state index contributed by atoms with van der Waals surface area (Å²) in [6, 6.07) is 32.1. The fourth-order valence-corrected chi connectivity index (χ4v) is 16.8. The summed E-state index contributed by atoms with van der Waals surface area (Å²) in [4.78, 5) is 16.0. The predicted molar refractivity (Wildman–Crippen MR) is 432 cm³/mol. The average molecular weight is 1780 g/mol. The molecule has 54 heteroatoms. The number of primary sulfonamides is 3. The first-order valence-corrected chi connectivity index (χ1v) is 43.3. The van der Waals surface area contributed by atoms with Gasteiger partial charge in [-0.3, -0.25) is 19.7 Å². The Morgan fingerprint density at radius 2 is 1.13 bits per heavy atom. The van der Waals surface area contributed by atoms with Crippen LogP contribution in [0.2, 0.25) is 5.02 Å². The molecule has 0 atom stereocenters. The lowest BCUT2D eigenvalue weighted by Gasteiger charge is -2.11. The maximum Gasteiger partial charge on any atom is 0.240 e. The van der Waals surface area contributed by atoms with Crippen molar-refractivity contribution in [1.82, 2.24) is 74.6 Å². The number of aryl methyl sites for hydroxylation is 3. The number of carbonyl (C=O) groups excluding carboxylic acids is 1. The number of rotatable bonds is 20. The summed E-state index contributed by atoms with van der Waals surface area (Å²) in [5.41, 5.74) is 8.95. The number of fused-ring (bicyclic) bond motifs is 7. The summed E-state index contributed by atoms with van der Waals surface area (Å²) >= 11 is 10.4. The molecule has 117 heavy (non-hydrogen) atoms. The molecule has 16 aromatic rings. The van der Waals surface area contributed by atoms with Gasteiger partial charge in [0.05, 0.1) is 104 Å². The number of aromatic amines is 2. The van der Waals surface area contributed by atoms with Crippen LogP contribution in [0.3, 0.4) is 0 Å². The second kappa shape index (κ2) is 34.2. The number of hydrogen-bond donors (Lipinski definition) is 10. The summed E-state index contributed by atoms with van der Waals surface area (Å²) in [5, 5.41) is 105. The van der Waals surface area contributed by atoms with Gasteiger partial charge in [-0.2, -0.15) is 51.3 Å². The highest BCUT2D eigenvalue weighted by Gasteiger charge is 2.26. The lowest BCUT2D eigenvalue weighted by atomic mass is 10.1. The smallest absolute Gasteiger partial charge is 0.240 e. The van der Waals surface area contributed by atoms with E-state index in [-0.39, 0.29) is 117 Å². The van der Waals surface area contributed by atoms with Gasteiger partial charge in [0.1, 0.15) is 99.2 Å². The minimum absolute atomic E-state index is 0.0205. The van der Waals surface area contributed by atoms with Crippen molar-refractivity contribution in [3.63, 3.8) is 0 Å². The molecule has 0 aliphatic rings. The molecule has 8 aromatic carbocycles. The number of amides is 1. The number of azo groups is 4. The fraction of sp³-hybridized carbons (Fsp3) is 0.111. The second-order valence-electron chi connectivity index (χ2n) is 23.9. The zero-order valence-corrected chi connectivity index (χ0v) is 68.0. The number of carbonyl (C=O) groups is 1. The average Bonchev–Trinajstić information content (AvgIpc) is 1.76. The van der Waals surface area contributed by atoms with Crippen molar-refractivity contribution in [3.05, 3.63) is 143 Å². The number of phenols is 2. The molecule has 0 unspecified atom stereocenters. The number of hydrogen-bond acceptors (Lipinski definition) is 40. The number of aromatic nitrogens is 16. The molecule has 0 bridgehead atoms. The second-order valence-corrected chi connectivity index (χ2v) is 33.5. The number of phenolic OH excluding ortho intramolecular Hbond substituents is 2. The molecule has 16 rings (SSSR count). The van der Waals surface area contributed by atoms with Crippen molar-refractivity contribution in [2.45, 2.75) is 60.1 Å². The van der Waals surface area contributed by atoms with E-state index in [2.05, 4.69) is 122 Å². The van der Waals surface area contributed by atoms with E-state index >= 15 is 0 Å². The number of nitrogens with two attached hydrogens (primary N) is 4. The van der Waals surface area contributed by atoms with Gasteiger partial charge >= 0.3 is 0 Å². The summed E-state index contributed by atoms with van der Waals surface area (Å²) in [7, 11) is -15.5. The zero-order valence-electron chi connectivity index (χ0n) is 59.9. The fourth-order valence-electron chi connectivity index (χ4n) is 10.9. The van der Waals surface area contributed by atoms with Crippen LogP contribution in [0, 0.1) is 25.2 Å². The van der Waals surface area contributed by atoms with Crippen molar-refractivity contribution in [3.8, 4) is 29.0 Å². The van der Waals surface area contributed by atoms with Crippen molar-refractivity contribution < 1.29 is 58.0 Å². The van der Waals surface area contributed by atoms with Gasteiger partial charge in [0.15, 0.2) is 28.6 Å². The minimum atomic E-state index is -4.00. The Morgan fingerprint density at radius 3 is 1.70 bits per heavy atom. The van der Waals surface area contributed by atoms with Crippen LogP contribution in [0.5, 0.6) is 11.5 Å². The van der Waals surface area contributed by atoms with Crippen LogP contribution in [-0.2, 0) is 60.6 Å². The number of nitrogens with one attached hydrogen (secondary N) is 4. The Balaban J connectivity index is 0.000000136. The Labute approximate surface area is 683 Å². The molecule has 0 radical (unpaired) electrons. The van der Waals surface area contributed by atoms with Gasteiger partial charge in [-0.1, -0.05) is 67.9 Å². The topological polar surface area (TPSA) is 658 Å². The minimum Gasteiger partial charge on any atom is -0.507 e. The molecule has 8 heterocycles. The third kappa shape index (κ3) is 17.9. The van der Waals surface area contributed by atoms with E-state index in [1.807, 2.05) is 56.3 Å². The number of H-pyrrole nitrogens is 2. The van der Waals surface area contributed by atoms with E-state index in [9.17, 15) is 53.9 Å². The van der Waals surface area contributed by atoms with Gasteiger partial charge < -0.3 is 15.5 Å². The van der Waals surface area contributed by atoms with Crippen LogP contribution in [0.4, 0.5) is 56.9 Å². The molecular weight excluding hydrogens is 1720 g/mol. The first-order valence-electron chi connectivity index (χ1n) is 32.7. The van der Waals surface area contributed by atoms with E-state index in [0.29, 0.717) is 78.6 Å².